The first kappa shape index (κ1) is 19.1. The molecule has 0 atom stereocenters. The molecule has 26 heavy (non-hydrogen) atoms. The molecule has 3 rings (SSSR count). The van der Waals surface area contributed by atoms with Gasteiger partial charge >= 0.3 is 0 Å². The molecule has 138 valence electrons. The predicted molar refractivity (Wildman–Crippen MR) is 111 cm³/mol. The molecule has 0 aliphatic carbocycles. The predicted octanol–water partition coefficient (Wildman–Crippen LogP) is 4.29. The Morgan fingerprint density at radius 2 is 1.77 bits per heavy atom. The van der Waals surface area contributed by atoms with Gasteiger partial charge in [-0.1, -0.05) is 15.9 Å². The van der Waals surface area contributed by atoms with E-state index in [9.17, 15) is 4.79 Å². The molecule has 0 radical (unpaired) electrons. The second-order valence-electron chi connectivity index (χ2n) is 6.16. The molecule has 0 spiro atoms. The number of methoxy groups -OCH3 is 1. The standard InChI is InChI=1S/C20H23BrN2O2S/c1-25-18-7-5-17(6-8-18)22-11-2-12-23(14-13-22)20(24)15-26-19-9-3-16(21)4-10-19/h3-10H,2,11-15H2,1H3. The Balaban J connectivity index is 1.52. The summed E-state index contributed by atoms with van der Waals surface area (Å²) in [5.74, 6) is 1.57. The highest BCUT2D eigenvalue weighted by Gasteiger charge is 2.19. The van der Waals surface area contributed by atoms with Crippen LogP contribution in [0.5, 0.6) is 5.75 Å². The van der Waals surface area contributed by atoms with E-state index in [1.54, 1.807) is 18.9 Å². The summed E-state index contributed by atoms with van der Waals surface area (Å²) in [6.07, 6.45) is 0.987. The molecular formula is C20H23BrN2O2S. The van der Waals surface area contributed by atoms with E-state index in [1.807, 2.05) is 41.3 Å². The zero-order chi connectivity index (χ0) is 18.4. The minimum absolute atomic E-state index is 0.217. The molecule has 1 saturated heterocycles. The van der Waals surface area contributed by atoms with Gasteiger partial charge in [0, 0.05) is 41.2 Å². The number of amides is 1. The van der Waals surface area contributed by atoms with Crippen LogP contribution in [0.15, 0.2) is 57.9 Å². The van der Waals surface area contributed by atoms with Gasteiger partial charge in [0.25, 0.3) is 0 Å². The van der Waals surface area contributed by atoms with Crippen LogP contribution in [0.4, 0.5) is 5.69 Å². The number of carbonyl (C=O) groups is 1. The van der Waals surface area contributed by atoms with E-state index in [-0.39, 0.29) is 5.91 Å². The fraction of sp³-hybridized carbons (Fsp3) is 0.350. The first-order chi connectivity index (χ1) is 12.7. The summed E-state index contributed by atoms with van der Waals surface area (Å²) in [6, 6.07) is 16.2. The summed E-state index contributed by atoms with van der Waals surface area (Å²) in [6.45, 7) is 3.43. The van der Waals surface area contributed by atoms with Crippen LogP contribution >= 0.6 is 27.7 Å². The summed E-state index contributed by atoms with van der Waals surface area (Å²) in [5, 5.41) is 0. The van der Waals surface area contributed by atoms with Gasteiger partial charge in [-0.3, -0.25) is 4.79 Å². The van der Waals surface area contributed by atoms with Crippen molar-refractivity contribution >= 4 is 39.3 Å². The van der Waals surface area contributed by atoms with Crippen molar-refractivity contribution in [3.05, 3.63) is 53.0 Å². The van der Waals surface area contributed by atoms with Crippen molar-refractivity contribution < 1.29 is 9.53 Å². The molecule has 0 bridgehead atoms. The fourth-order valence-corrected chi connectivity index (χ4v) is 4.05. The zero-order valence-corrected chi connectivity index (χ0v) is 17.3. The molecule has 1 aliphatic rings. The third-order valence-electron chi connectivity index (χ3n) is 4.46. The maximum atomic E-state index is 12.6. The Hall–Kier alpha value is -1.66. The normalized spacial score (nSPS) is 14.8. The van der Waals surface area contributed by atoms with E-state index in [0.29, 0.717) is 5.75 Å². The Morgan fingerprint density at radius 1 is 1.04 bits per heavy atom. The maximum Gasteiger partial charge on any atom is 0.232 e. The minimum atomic E-state index is 0.217. The average molecular weight is 435 g/mol. The number of carbonyl (C=O) groups excluding carboxylic acids is 1. The van der Waals surface area contributed by atoms with E-state index in [0.717, 1.165) is 47.7 Å². The van der Waals surface area contributed by atoms with Gasteiger partial charge in [0.15, 0.2) is 0 Å². The van der Waals surface area contributed by atoms with Crippen LogP contribution < -0.4 is 9.64 Å². The first-order valence-corrected chi connectivity index (χ1v) is 10.5. The summed E-state index contributed by atoms with van der Waals surface area (Å²) in [5.41, 5.74) is 1.18. The van der Waals surface area contributed by atoms with Crippen LogP contribution in [0.1, 0.15) is 6.42 Å². The third-order valence-corrected chi connectivity index (χ3v) is 5.99. The molecule has 4 nitrogen and oxygen atoms in total. The molecule has 0 unspecified atom stereocenters. The molecule has 1 heterocycles. The van der Waals surface area contributed by atoms with Crippen molar-refractivity contribution in [2.45, 2.75) is 11.3 Å². The quantitative estimate of drug-likeness (QED) is 0.657. The maximum absolute atomic E-state index is 12.6. The van der Waals surface area contributed by atoms with E-state index in [4.69, 9.17) is 4.74 Å². The van der Waals surface area contributed by atoms with Gasteiger partial charge in [0.2, 0.25) is 5.91 Å². The van der Waals surface area contributed by atoms with Crippen molar-refractivity contribution in [1.29, 1.82) is 0 Å². The van der Waals surface area contributed by atoms with Gasteiger partial charge in [-0.2, -0.15) is 0 Å². The highest BCUT2D eigenvalue weighted by atomic mass is 79.9. The van der Waals surface area contributed by atoms with E-state index in [1.165, 1.54) is 5.69 Å². The Kier molecular flexibility index (Phi) is 6.86. The Morgan fingerprint density at radius 3 is 2.46 bits per heavy atom. The summed E-state index contributed by atoms with van der Waals surface area (Å²) >= 11 is 5.03. The van der Waals surface area contributed by atoms with Gasteiger partial charge in [-0.15, -0.1) is 11.8 Å². The number of rotatable bonds is 5. The Bertz CT molecular complexity index is 722. The monoisotopic (exact) mass is 434 g/mol. The van der Waals surface area contributed by atoms with Gasteiger partial charge < -0.3 is 14.5 Å². The minimum Gasteiger partial charge on any atom is -0.497 e. The summed E-state index contributed by atoms with van der Waals surface area (Å²) in [7, 11) is 1.68. The van der Waals surface area contributed by atoms with Gasteiger partial charge in [-0.05, 0) is 55.0 Å². The van der Waals surface area contributed by atoms with Gasteiger partial charge in [0.1, 0.15) is 5.75 Å². The van der Waals surface area contributed by atoms with Crippen LogP contribution in [0.3, 0.4) is 0 Å². The molecule has 2 aromatic carbocycles. The highest BCUT2D eigenvalue weighted by Crippen LogP contribution is 2.23. The van der Waals surface area contributed by atoms with Crippen LogP contribution in [0, 0.1) is 0 Å². The summed E-state index contributed by atoms with van der Waals surface area (Å²) < 4.78 is 6.28. The van der Waals surface area contributed by atoms with Crippen molar-refractivity contribution in [1.82, 2.24) is 4.90 Å². The van der Waals surface area contributed by atoms with Crippen molar-refractivity contribution in [3.63, 3.8) is 0 Å². The van der Waals surface area contributed by atoms with Crippen LogP contribution in [0.25, 0.3) is 0 Å². The SMILES string of the molecule is COc1ccc(N2CCCN(C(=O)CSc3ccc(Br)cc3)CC2)cc1. The highest BCUT2D eigenvalue weighted by molar-refractivity contribution is 9.10. The van der Waals surface area contributed by atoms with E-state index in [2.05, 4.69) is 33.0 Å². The molecule has 0 aromatic heterocycles. The van der Waals surface area contributed by atoms with Crippen molar-refractivity contribution in [2.24, 2.45) is 0 Å². The average Bonchev–Trinajstić information content (AvgIpc) is 2.94. The lowest BCUT2D eigenvalue weighted by Crippen LogP contribution is -2.36. The number of hydrogen-bond acceptors (Lipinski definition) is 4. The van der Waals surface area contributed by atoms with Gasteiger partial charge in [-0.25, -0.2) is 0 Å². The number of ether oxygens (including phenoxy) is 1. The van der Waals surface area contributed by atoms with E-state index >= 15 is 0 Å². The molecule has 1 fully saturated rings. The molecule has 1 aliphatic heterocycles. The molecule has 0 saturated carbocycles. The second kappa shape index (κ2) is 9.33. The van der Waals surface area contributed by atoms with Crippen LogP contribution in [0.2, 0.25) is 0 Å². The number of nitrogens with zero attached hydrogens (tertiary/aromatic N) is 2. The first-order valence-electron chi connectivity index (χ1n) is 8.71. The lowest BCUT2D eigenvalue weighted by molar-refractivity contribution is -0.128. The number of thioether (sulfide) groups is 1. The summed E-state index contributed by atoms with van der Waals surface area (Å²) in [4.78, 5) is 18.0. The lowest BCUT2D eigenvalue weighted by Gasteiger charge is -2.24. The third kappa shape index (κ3) is 5.17. The molecular weight excluding hydrogens is 412 g/mol. The van der Waals surface area contributed by atoms with Crippen molar-refractivity contribution in [3.8, 4) is 5.75 Å². The number of hydrogen-bond donors (Lipinski definition) is 0. The number of anilines is 1. The second-order valence-corrected chi connectivity index (χ2v) is 8.13. The van der Waals surface area contributed by atoms with Crippen molar-refractivity contribution in [2.75, 3.05) is 43.9 Å². The molecule has 6 heteroatoms. The number of benzene rings is 2. The molecule has 1 amide bonds. The zero-order valence-electron chi connectivity index (χ0n) is 14.9. The lowest BCUT2D eigenvalue weighted by atomic mass is 10.2. The van der Waals surface area contributed by atoms with Crippen LogP contribution in [-0.4, -0.2) is 49.8 Å². The number of halogens is 1. The van der Waals surface area contributed by atoms with Crippen LogP contribution in [-0.2, 0) is 4.79 Å². The molecule has 2 aromatic rings. The largest absolute Gasteiger partial charge is 0.497 e. The van der Waals surface area contributed by atoms with E-state index < -0.39 is 0 Å². The Labute approximate surface area is 167 Å². The topological polar surface area (TPSA) is 32.8 Å². The fourth-order valence-electron chi connectivity index (χ4n) is 2.99. The smallest absolute Gasteiger partial charge is 0.232 e. The van der Waals surface area contributed by atoms with Gasteiger partial charge in [0.05, 0.1) is 12.9 Å². The molecule has 0 N–H and O–H groups in total.